The number of amides is 2. The fourth-order valence-corrected chi connectivity index (χ4v) is 3.38. The van der Waals surface area contributed by atoms with E-state index in [1.807, 2.05) is 41.8 Å². The van der Waals surface area contributed by atoms with Crippen molar-refractivity contribution < 1.29 is 9.32 Å². The smallest absolute Gasteiger partial charge is 0.323 e. The number of thiophene rings is 1. The maximum Gasteiger partial charge on any atom is 0.323 e. The van der Waals surface area contributed by atoms with Crippen LogP contribution < -0.4 is 10.6 Å². The number of carbonyl (C=O) groups is 1. The molecule has 2 N–H and O–H groups in total. The molecule has 0 radical (unpaired) electrons. The number of hydrogen-bond acceptors (Lipinski definition) is 5. The van der Waals surface area contributed by atoms with Crippen LogP contribution in [0.15, 0.2) is 70.6 Å². The molecule has 6 nitrogen and oxygen atoms in total. The van der Waals surface area contributed by atoms with Crippen molar-refractivity contribution >= 4 is 40.3 Å². The number of hydrogen-bond donors (Lipinski definition) is 2. The third kappa shape index (κ3) is 4.39. The normalized spacial score (nSPS) is 10.6. The van der Waals surface area contributed by atoms with E-state index < -0.39 is 0 Å². The van der Waals surface area contributed by atoms with Gasteiger partial charge in [0.1, 0.15) is 0 Å². The van der Waals surface area contributed by atoms with E-state index in [1.54, 1.807) is 35.6 Å². The van der Waals surface area contributed by atoms with Crippen molar-refractivity contribution in [2.75, 3.05) is 10.6 Å². The van der Waals surface area contributed by atoms with Gasteiger partial charge >= 0.3 is 6.03 Å². The monoisotopic (exact) mass is 410 g/mol. The van der Waals surface area contributed by atoms with Gasteiger partial charge in [0, 0.05) is 16.4 Å². The minimum atomic E-state index is -0.348. The molecule has 0 unspecified atom stereocenters. The largest absolute Gasteiger partial charge is 0.339 e. The molecule has 0 spiro atoms. The topological polar surface area (TPSA) is 80.0 Å². The highest BCUT2D eigenvalue weighted by Gasteiger charge is 2.13. The molecule has 4 rings (SSSR count). The Hall–Kier alpha value is -3.16. The lowest BCUT2D eigenvalue weighted by Crippen LogP contribution is -2.20. The van der Waals surface area contributed by atoms with Crippen molar-refractivity contribution in [3.63, 3.8) is 0 Å². The average Bonchev–Trinajstić information content (AvgIpc) is 3.37. The average molecular weight is 411 g/mol. The summed E-state index contributed by atoms with van der Waals surface area (Å²) >= 11 is 7.41. The van der Waals surface area contributed by atoms with Gasteiger partial charge in [-0.15, -0.1) is 11.3 Å². The number of nitrogens with one attached hydrogen (secondary N) is 2. The van der Waals surface area contributed by atoms with E-state index in [0.717, 1.165) is 10.4 Å². The summed E-state index contributed by atoms with van der Waals surface area (Å²) in [6.07, 6.45) is 0.412. The highest BCUT2D eigenvalue weighted by molar-refractivity contribution is 7.13. The SMILES string of the molecule is O=C(Nc1ccc(Cl)cc1)Nc1ccccc1Cc1nc(-c2cccs2)no1. The van der Waals surface area contributed by atoms with Crippen LogP contribution >= 0.6 is 22.9 Å². The summed E-state index contributed by atoms with van der Waals surface area (Å²) in [6.45, 7) is 0. The molecule has 28 heavy (non-hydrogen) atoms. The molecule has 2 heterocycles. The predicted molar refractivity (Wildman–Crippen MR) is 111 cm³/mol. The summed E-state index contributed by atoms with van der Waals surface area (Å²) in [7, 11) is 0. The molecule has 0 atom stereocenters. The molecule has 0 saturated heterocycles. The lowest BCUT2D eigenvalue weighted by atomic mass is 10.1. The number of nitrogens with zero attached hydrogens (tertiary/aromatic N) is 2. The second-order valence-corrected chi connectivity index (χ2v) is 7.29. The van der Waals surface area contributed by atoms with Gasteiger partial charge in [-0.1, -0.05) is 41.0 Å². The fourth-order valence-electron chi connectivity index (χ4n) is 2.61. The second-order valence-electron chi connectivity index (χ2n) is 5.91. The molecular formula is C20H15ClN4O2S. The first-order chi connectivity index (χ1) is 13.7. The Kier molecular flexibility index (Phi) is 5.36. The van der Waals surface area contributed by atoms with Gasteiger partial charge in [-0.05, 0) is 47.3 Å². The van der Waals surface area contributed by atoms with Gasteiger partial charge in [0.25, 0.3) is 0 Å². The van der Waals surface area contributed by atoms with Gasteiger partial charge in [0.05, 0.1) is 11.3 Å². The molecule has 0 aliphatic heterocycles. The standard InChI is InChI=1S/C20H15ClN4O2S/c21-14-7-9-15(10-8-14)22-20(26)23-16-5-2-1-4-13(16)12-18-24-19(25-27-18)17-6-3-11-28-17/h1-11H,12H2,(H2,22,23,26). The lowest BCUT2D eigenvalue weighted by Gasteiger charge is -2.11. The van der Waals surface area contributed by atoms with Gasteiger partial charge in [-0.3, -0.25) is 0 Å². The van der Waals surface area contributed by atoms with E-state index in [1.165, 1.54) is 0 Å². The van der Waals surface area contributed by atoms with Gasteiger partial charge in [0.15, 0.2) is 0 Å². The third-order valence-corrected chi connectivity index (χ3v) is 5.04. The molecule has 2 aromatic carbocycles. The minimum Gasteiger partial charge on any atom is -0.339 e. The molecule has 0 bridgehead atoms. The van der Waals surface area contributed by atoms with Crippen molar-refractivity contribution in [2.45, 2.75) is 6.42 Å². The molecule has 2 amide bonds. The maximum absolute atomic E-state index is 12.3. The number of carbonyl (C=O) groups excluding carboxylic acids is 1. The van der Waals surface area contributed by atoms with E-state index in [9.17, 15) is 4.79 Å². The van der Waals surface area contributed by atoms with Crippen LogP contribution in [0.3, 0.4) is 0 Å². The molecular weight excluding hydrogens is 396 g/mol. The van der Waals surface area contributed by atoms with Crippen LogP contribution in [0.25, 0.3) is 10.7 Å². The van der Waals surface area contributed by atoms with Crippen molar-refractivity contribution in [1.82, 2.24) is 10.1 Å². The first-order valence-electron chi connectivity index (χ1n) is 8.45. The number of rotatable bonds is 5. The highest BCUT2D eigenvalue weighted by atomic mass is 35.5. The molecule has 0 fully saturated rings. The quantitative estimate of drug-likeness (QED) is 0.443. The second kappa shape index (κ2) is 8.24. The van der Waals surface area contributed by atoms with Crippen molar-refractivity contribution in [3.05, 3.63) is 82.5 Å². The van der Waals surface area contributed by atoms with E-state index in [4.69, 9.17) is 16.1 Å². The minimum absolute atomic E-state index is 0.348. The number of benzene rings is 2. The first kappa shape index (κ1) is 18.2. The van der Waals surface area contributed by atoms with Crippen molar-refractivity contribution in [1.29, 1.82) is 0 Å². The Balaban J connectivity index is 1.46. The van der Waals surface area contributed by atoms with Crippen LogP contribution in [0.2, 0.25) is 5.02 Å². The zero-order valence-electron chi connectivity index (χ0n) is 14.6. The zero-order chi connectivity index (χ0) is 19.3. The number of anilines is 2. The summed E-state index contributed by atoms with van der Waals surface area (Å²) in [6, 6.07) is 17.9. The molecule has 2 aromatic heterocycles. The van der Waals surface area contributed by atoms with Crippen LogP contribution in [0, 0.1) is 0 Å². The number of para-hydroxylation sites is 1. The summed E-state index contributed by atoms with van der Waals surface area (Å²) in [4.78, 5) is 17.7. The van der Waals surface area contributed by atoms with E-state index in [-0.39, 0.29) is 6.03 Å². The van der Waals surface area contributed by atoms with Crippen molar-refractivity contribution in [2.24, 2.45) is 0 Å². The highest BCUT2D eigenvalue weighted by Crippen LogP contribution is 2.24. The van der Waals surface area contributed by atoms with E-state index in [0.29, 0.717) is 34.5 Å². The van der Waals surface area contributed by atoms with Gasteiger partial charge in [-0.2, -0.15) is 4.98 Å². The van der Waals surface area contributed by atoms with Crippen molar-refractivity contribution in [3.8, 4) is 10.7 Å². The molecule has 0 saturated carbocycles. The zero-order valence-corrected chi connectivity index (χ0v) is 16.1. The Morgan fingerprint density at radius 1 is 1.04 bits per heavy atom. The van der Waals surface area contributed by atoms with Crippen LogP contribution in [-0.2, 0) is 6.42 Å². The first-order valence-corrected chi connectivity index (χ1v) is 9.71. The molecule has 140 valence electrons. The number of urea groups is 1. The molecule has 8 heteroatoms. The molecule has 4 aromatic rings. The summed E-state index contributed by atoms with van der Waals surface area (Å²) in [5.41, 5.74) is 2.19. The van der Waals surface area contributed by atoms with Gasteiger partial charge in [0.2, 0.25) is 11.7 Å². The summed E-state index contributed by atoms with van der Waals surface area (Å²) < 4.78 is 5.36. The lowest BCUT2D eigenvalue weighted by molar-refractivity contribution is 0.262. The van der Waals surface area contributed by atoms with Gasteiger partial charge in [-0.25, -0.2) is 4.79 Å². The fraction of sp³-hybridized carbons (Fsp3) is 0.0500. The number of aromatic nitrogens is 2. The van der Waals surface area contributed by atoms with Crippen LogP contribution in [0.1, 0.15) is 11.5 Å². The molecule has 0 aliphatic carbocycles. The van der Waals surface area contributed by atoms with E-state index in [2.05, 4.69) is 20.8 Å². The maximum atomic E-state index is 12.3. The summed E-state index contributed by atoms with van der Waals surface area (Å²) in [5.74, 6) is 1.05. The third-order valence-electron chi connectivity index (χ3n) is 3.92. The Labute approximate surface area is 170 Å². The van der Waals surface area contributed by atoms with Crippen LogP contribution in [-0.4, -0.2) is 16.2 Å². The summed E-state index contributed by atoms with van der Waals surface area (Å²) in [5, 5.41) is 12.2. The molecule has 0 aliphatic rings. The van der Waals surface area contributed by atoms with E-state index >= 15 is 0 Å². The predicted octanol–water partition coefficient (Wildman–Crippen LogP) is 5.69. The number of halogens is 1. The Morgan fingerprint density at radius 2 is 1.86 bits per heavy atom. The Bertz CT molecular complexity index is 1080. The van der Waals surface area contributed by atoms with Gasteiger partial charge < -0.3 is 15.2 Å². The van der Waals surface area contributed by atoms with Crippen LogP contribution in [0.5, 0.6) is 0 Å². The Morgan fingerprint density at radius 3 is 2.64 bits per heavy atom. The van der Waals surface area contributed by atoms with Crippen LogP contribution in [0.4, 0.5) is 16.2 Å².